The SMILES string of the molecule is Cc1cc(CNc2n[nH]c(Cc3cnc(N4CCOCC4)c(Cl)c3)c2C(N)=O)cc(C)c1O. The second-order valence-electron chi connectivity index (χ2n) is 8.15. The summed E-state index contributed by atoms with van der Waals surface area (Å²) in [6.45, 7) is 6.90. The summed E-state index contributed by atoms with van der Waals surface area (Å²) < 4.78 is 5.38. The highest BCUT2D eigenvalue weighted by Crippen LogP contribution is 2.27. The molecule has 0 unspecified atom stereocenters. The number of amides is 1. The number of anilines is 2. The number of primary amides is 1. The minimum atomic E-state index is -0.580. The van der Waals surface area contributed by atoms with Gasteiger partial charge in [0.25, 0.3) is 5.91 Å². The second-order valence-corrected chi connectivity index (χ2v) is 8.55. The van der Waals surface area contributed by atoms with E-state index in [0.29, 0.717) is 48.3 Å². The molecule has 1 aliphatic heterocycles. The quantitative estimate of drug-likeness (QED) is 0.417. The number of aromatic amines is 1. The fourth-order valence-electron chi connectivity index (χ4n) is 4.01. The number of rotatable bonds is 7. The van der Waals surface area contributed by atoms with Gasteiger partial charge in [0.05, 0.1) is 23.9 Å². The molecule has 0 atom stereocenters. The minimum absolute atomic E-state index is 0.283. The van der Waals surface area contributed by atoms with Crippen molar-refractivity contribution in [1.82, 2.24) is 15.2 Å². The third-order valence-electron chi connectivity index (χ3n) is 5.67. The van der Waals surface area contributed by atoms with Gasteiger partial charge in [0.1, 0.15) is 17.1 Å². The third-order valence-corrected chi connectivity index (χ3v) is 5.95. The number of hydrogen-bond acceptors (Lipinski definition) is 7. The van der Waals surface area contributed by atoms with E-state index in [1.54, 1.807) is 6.20 Å². The van der Waals surface area contributed by atoms with Gasteiger partial charge in [-0.25, -0.2) is 4.98 Å². The van der Waals surface area contributed by atoms with Gasteiger partial charge in [0.2, 0.25) is 0 Å². The molecule has 4 rings (SSSR count). The Kier molecular flexibility index (Phi) is 6.71. The van der Waals surface area contributed by atoms with Crippen LogP contribution in [0.1, 0.15) is 38.3 Å². The number of phenolic OH excluding ortho intramolecular Hbond substituents is 1. The van der Waals surface area contributed by atoms with Crippen LogP contribution in [0.4, 0.5) is 11.6 Å². The lowest BCUT2D eigenvalue weighted by molar-refractivity contribution is 0.100. The summed E-state index contributed by atoms with van der Waals surface area (Å²) in [6, 6.07) is 5.62. The third kappa shape index (κ3) is 5.04. The van der Waals surface area contributed by atoms with E-state index in [9.17, 15) is 9.90 Å². The number of phenols is 1. The highest BCUT2D eigenvalue weighted by Gasteiger charge is 2.20. The van der Waals surface area contributed by atoms with Crippen molar-refractivity contribution in [3.8, 4) is 5.75 Å². The van der Waals surface area contributed by atoms with E-state index in [2.05, 4.69) is 25.4 Å². The number of aromatic hydroxyl groups is 1. The molecule has 9 nitrogen and oxygen atoms in total. The molecule has 174 valence electrons. The molecule has 3 heterocycles. The molecular formula is C23H27ClN6O3. The molecule has 1 saturated heterocycles. The Balaban J connectivity index is 1.51. The van der Waals surface area contributed by atoms with Gasteiger partial charge in [-0.15, -0.1) is 0 Å². The van der Waals surface area contributed by atoms with Crippen molar-refractivity contribution in [3.63, 3.8) is 0 Å². The van der Waals surface area contributed by atoms with Crippen molar-refractivity contribution in [1.29, 1.82) is 0 Å². The first-order valence-corrected chi connectivity index (χ1v) is 11.1. The zero-order valence-corrected chi connectivity index (χ0v) is 19.4. The van der Waals surface area contributed by atoms with Crippen LogP contribution in [0.5, 0.6) is 5.75 Å². The highest BCUT2D eigenvalue weighted by atomic mass is 35.5. The number of carbonyl (C=O) groups is 1. The molecule has 2 aromatic heterocycles. The molecule has 0 radical (unpaired) electrons. The van der Waals surface area contributed by atoms with Crippen molar-refractivity contribution in [3.05, 3.63) is 62.9 Å². The van der Waals surface area contributed by atoms with Gasteiger partial charge >= 0.3 is 0 Å². The predicted octanol–water partition coefficient (Wildman–Crippen LogP) is 2.92. The lowest BCUT2D eigenvalue weighted by Gasteiger charge is -2.28. The Morgan fingerprint density at radius 1 is 1.24 bits per heavy atom. The second kappa shape index (κ2) is 9.68. The number of halogens is 1. The van der Waals surface area contributed by atoms with E-state index in [1.807, 2.05) is 32.0 Å². The van der Waals surface area contributed by atoms with E-state index in [-0.39, 0.29) is 5.75 Å². The summed E-state index contributed by atoms with van der Waals surface area (Å²) in [5.74, 6) is 0.809. The Labute approximate surface area is 196 Å². The molecule has 1 aromatic carbocycles. The van der Waals surface area contributed by atoms with Gasteiger partial charge in [-0.05, 0) is 42.2 Å². The number of H-pyrrole nitrogens is 1. The number of nitrogens with zero attached hydrogens (tertiary/aromatic N) is 3. The van der Waals surface area contributed by atoms with Crippen LogP contribution in [0.2, 0.25) is 5.02 Å². The Bertz CT molecular complexity index is 1150. The lowest BCUT2D eigenvalue weighted by Crippen LogP contribution is -2.36. The number of aromatic nitrogens is 3. The van der Waals surface area contributed by atoms with Crippen LogP contribution in [-0.2, 0) is 17.7 Å². The average Bonchev–Trinajstić information content (AvgIpc) is 3.19. The van der Waals surface area contributed by atoms with Gasteiger partial charge in [-0.2, -0.15) is 5.10 Å². The lowest BCUT2D eigenvalue weighted by atomic mass is 10.1. The maximum absolute atomic E-state index is 12.2. The van der Waals surface area contributed by atoms with Crippen LogP contribution in [-0.4, -0.2) is 52.5 Å². The maximum atomic E-state index is 12.2. The summed E-state index contributed by atoms with van der Waals surface area (Å²) in [7, 11) is 0. The Morgan fingerprint density at radius 2 is 1.94 bits per heavy atom. The molecule has 1 aliphatic rings. The fraction of sp³-hybridized carbons (Fsp3) is 0.348. The maximum Gasteiger partial charge on any atom is 0.254 e. The van der Waals surface area contributed by atoms with Crippen LogP contribution >= 0.6 is 11.6 Å². The molecular weight excluding hydrogens is 444 g/mol. The summed E-state index contributed by atoms with van der Waals surface area (Å²) in [4.78, 5) is 18.8. The standard InChI is InChI=1S/C23H27ClN6O3/c1-13-7-15(8-14(2)20(13)31)11-26-22-19(21(25)32)18(28-29-22)10-16-9-17(24)23(27-12-16)30-3-5-33-6-4-30/h7-9,12,31H,3-6,10-11H2,1-2H3,(H2,25,32)(H2,26,28,29). The molecule has 0 bridgehead atoms. The molecule has 33 heavy (non-hydrogen) atoms. The summed E-state index contributed by atoms with van der Waals surface area (Å²) in [5, 5.41) is 20.9. The van der Waals surface area contributed by atoms with Crippen molar-refractivity contribution in [2.24, 2.45) is 5.73 Å². The average molecular weight is 471 g/mol. The zero-order valence-electron chi connectivity index (χ0n) is 18.6. The smallest absolute Gasteiger partial charge is 0.254 e. The molecule has 0 spiro atoms. The Morgan fingerprint density at radius 3 is 2.58 bits per heavy atom. The summed E-state index contributed by atoms with van der Waals surface area (Å²) in [6.07, 6.45) is 2.12. The van der Waals surface area contributed by atoms with Gasteiger partial charge in [0.15, 0.2) is 5.82 Å². The normalized spacial score (nSPS) is 13.8. The minimum Gasteiger partial charge on any atom is -0.507 e. The van der Waals surface area contributed by atoms with Gasteiger partial charge in [-0.1, -0.05) is 23.7 Å². The number of nitrogens with one attached hydrogen (secondary N) is 2. The van der Waals surface area contributed by atoms with Gasteiger partial charge < -0.3 is 25.8 Å². The molecule has 1 amide bonds. The highest BCUT2D eigenvalue weighted by molar-refractivity contribution is 6.33. The summed E-state index contributed by atoms with van der Waals surface area (Å²) >= 11 is 6.50. The number of aryl methyl sites for hydroxylation is 2. The van der Waals surface area contributed by atoms with Crippen LogP contribution in [0.15, 0.2) is 24.4 Å². The number of pyridine rings is 1. The van der Waals surface area contributed by atoms with E-state index >= 15 is 0 Å². The van der Waals surface area contributed by atoms with Crippen molar-refractivity contribution < 1.29 is 14.6 Å². The first-order chi connectivity index (χ1) is 15.8. The first-order valence-electron chi connectivity index (χ1n) is 10.7. The number of ether oxygens (including phenoxy) is 1. The number of hydrogen-bond donors (Lipinski definition) is 4. The van der Waals surface area contributed by atoms with Crippen LogP contribution < -0.4 is 16.0 Å². The number of carbonyl (C=O) groups excluding carboxylic acids is 1. The Hall–Kier alpha value is -3.30. The van der Waals surface area contributed by atoms with Crippen molar-refractivity contribution in [2.45, 2.75) is 26.8 Å². The van der Waals surface area contributed by atoms with E-state index in [4.69, 9.17) is 22.1 Å². The van der Waals surface area contributed by atoms with Crippen LogP contribution in [0, 0.1) is 13.8 Å². The fourth-order valence-corrected chi connectivity index (χ4v) is 4.32. The zero-order chi connectivity index (χ0) is 23.5. The molecule has 1 fully saturated rings. The largest absolute Gasteiger partial charge is 0.507 e. The number of morpholine rings is 1. The summed E-state index contributed by atoms with van der Waals surface area (Å²) in [5.41, 5.74) is 9.92. The van der Waals surface area contributed by atoms with Crippen LogP contribution in [0.3, 0.4) is 0 Å². The van der Waals surface area contributed by atoms with Gasteiger partial charge in [0, 0.05) is 32.3 Å². The van der Waals surface area contributed by atoms with Crippen LogP contribution in [0.25, 0.3) is 0 Å². The van der Waals surface area contributed by atoms with E-state index in [0.717, 1.165) is 41.2 Å². The number of benzene rings is 1. The number of nitrogens with two attached hydrogens (primary N) is 1. The van der Waals surface area contributed by atoms with E-state index < -0.39 is 5.91 Å². The monoisotopic (exact) mass is 470 g/mol. The molecule has 5 N–H and O–H groups in total. The molecule has 0 aliphatic carbocycles. The van der Waals surface area contributed by atoms with Crippen molar-refractivity contribution in [2.75, 3.05) is 36.5 Å². The predicted molar refractivity (Wildman–Crippen MR) is 127 cm³/mol. The van der Waals surface area contributed by atoms with Crippen molar-refractivity contribution >= 4 is 29.1 Å². The topological polar surface area (TPSA) is 129 Å². The van der Waals surface area contributed by atoms with Gasteiger partial charge in [-0.3, -0.25) is 9.89 Å². The first kappa shape index (κ1) is 22.9. The molecule has 10 heteroatoms. The molecule has 0 saturated carbocycles. The van der Waals surface area contributed by atoms with E-state index in [1.165, 1.54) is 0 Å². The molecule has 3 aromatic rings.